The molecule has 1 N–H and O–H groups in total. The van der Waals surface area contributed by atoms with Crippen LogP contribution in [0.4, 0.5) is 8.78 Å². The largest absolute Gasteiger partial charge is 0.352 e. The van der Waals surface area contributed by atoms with Crippen molar-refractivity contribution in [3.8, 4) is 0 Å². The van der Waals surface area contributed by atoms with Gasteiger partial charge in [-0.3, -0.25) is 4.79 Å². The Morgan fingerprint density at radius 1 is 1.38 bits per heavy atom. The number of carbonyl (C=O) groups excluding carboxylic acids is 1. The Morgan fingerprint density at radius 2 is 1.95 bits per heavy atom. The van der Waals surface area contributed by atoms with E-state index in [-0.39, 0.29) is 5.41 Å². The first-order valence-corrected chi connectivity index (χ1v) is 8.55. The van der Waals surface area contributed by atoms with Crippen molar-refractivity contribution in [2.24, 2.45) is 11.3 Å². The highest BCUT2D eigenvalue weighted by molar-refractivity contribution is 8.13. The van der Waals surface area contributed by atoms with Crippen molar-refractivity contribution >= 4 is 25.6 Å². The summed E-state index contributed by atoms with van der Waals surface area (Å²) in [5.41, 5.74) is -0.409. The molecule has 0 spiro atoms. The summed E-state index contributed by atoms with van der Waals surface area (Å²) in [6, 6.07) is 0.950. The molecule has 4 nitrogen and oxygen atoms in total. The van der Waals surface area contributed by atoms with E-state index in [2.05, 4.69) is 5.32 Å². The fourth-order valence-electron chi connectivity index (χ4n) is 2.13. The summed E-state index contributed by atoms with van der Waals surface area (Å²) in [6.07, 6.45) is 0.945. The van der Waals surface area contributed by atoms with Crippen LogP contribution in [0.5, 0.6) is 0 Å². The third kappa shape index (κ3) is 3.52. The second-order valence-corrected chi connectivity index (χ2v) is 8.33. The van der Waals surface area contributed by atoms with E-state index < -0.39 is 37.1 Å². The predicted octanol–water partition coefficient (Wildman–Crippen LogP) is 2.67. The van der Waals surface area contributed by atoms with Crippen LogP contribution in [0, 0.1) is 23.0 Å². The number of halogens is 3. The van der Waals surface area contributed by atoms with E-state index in [0.717, 1.165) is 6.42 Å². The molecule has 0 aromatic heterocycles. The van der Waals surface area contributed by atoms with Gasteiger partial charge in [0.15, 0.2) is 0 Å². The number of amides is 1. The highest BCUT2D eigenvalue weighted by Gasteiger charge is 2.45. The minimum absolute atomic E-state index is 0.138. The van der Waals surface area contributed by atoms with Crippen LogP contribution in [0.2, 0.25) is 0 Å². The number of hydrogen-bond donors (Lipinski definition) is 1. The summed E-state index contributed by atoms with van der Waals surface area (Å²) in [7, 11) is 0.653. The fraction of sp³-hybridized carbons (Fsp3) is 0.462. The van der Waals surface area contributed by atoms with Crippen molar-refractivity contribution in [3.05, 3.63) is 29.3 Å². The molecule has 8 heteroatoms. The summed E-state index contributed by atoms with van der Waals surface area (Å²) in [5.74, 6) is -2.97. The third-order valence-corrected chi connectivity index (χ3v) is 5.09. The molecule has 1 saturated carbocycles. The normalized spacial score (nSPS) is 20.1. The lowest BCUT2D eigenvalue weighted by Crippen LogP contribution is -2.27. The van der Waals surface area contributed by atoms with Gasteiger partial charge in [-0.2, -0.15) is 0 Å². The fourth-order valence-corrected chi connectivity index (χ4v) is 3.03. The molecule has 1 aromatic carbocycles. The molecule has 1 aromatic rings. The van der Waals surface area contributed by atoms with Crippen LogP contribution in [0.15, 0.2) is 17.0 Å². The maximum absolute atomic E-state index is 13.6. The average molecular weight is 338 g/mol. The van der Waals surface area contributed by atoms with Crippen LogP contribution in [0.1, 0.15) is 30.6 Å². The zero-order chi connectivity index (χ0) is 16.0. The monoisotopic (exact) mass is 337 g/mol. The summed E-state index contributed by atoms with van der Waals surface area (Å²) >= 11 is 0. The zero-order valence-corrected chi connectivity index (χ0v) is 13.0. The smallest absolute Gasteiger partial charge is 0.264 e. The van der Waals surface area contributed by atoms with E-state index in [1.807, 2.05) is 13.8 Å². The van der Waals surface area contributed by atoms with E-state index in [1.54, 1.807) is 0 Å². The maximum Gasteiger partial charge on any atom is 0.264 e. The van der Waals surface area contributed by atoms with Gasteiger partial charge in [-0.15, -0.1) is 0 Å². The summed E-state index contributed by atoms with van der Waals surface area (Å²) in [6.45, 7) is 4.44. The van der Waals surface area contributed by atoms with Gasteiger partial charge in [-0.05, 0) is 23.8 Å². The van der Waals surface area contributed by atoms with E-state index in [9.17, 15) is 22.0 Å². The highest BCUT2D eigenvalue weighted by Crippen LogP contribution is 2.51. The minimum Gasteiger partial charge on any atom is -0.352 e. The van der Waals surface area contributed by atoms with Crippen LogP contribution >= 0.6 is 10.7 Å². The van der Waals surface area contributed by atoms with Crippen LogP contribution in [0.3, 0.4) is 0 Å². The number of nitrogens with one attached hydrogen (secondary N) is 1. The summed E-state index contributed by atoms with van der Waals surface area (Å²) in [5, 5.41) is 2.52. The first-order chi connectivity index (χ1) is 9.52. The van der Waals surface area contributed by atoms with Crippen LogP contribution < -0.4 is 5.32 Å². The van der Waals surface area contributed by atoms with Gasteiger partial charge in [0.05, 0.1) is 5.56 Å². The Morgan fingerprint density at radius 3 is 2.43 bits per heavy atom. The van der Waals surface area contributed by atoms with Gasteiger partial charge >= 0.3 is 0 Å². The van der Waals surface area contributed by atoms with Crippen LogP contribution in [-0.4, -0.2) is 20.9 Å². The number of hydrogen-bond acceptors (Lipinski definition) is 3. The molecule has 0 radical (unpaired) electrons. The number of rotatable bonds is 4. The van der Waals surface area contributed by atoms with Crippen molar-refractivity contribution in [1.82, 2.24) is 5.32 Å². The molecule has 0 heterocycles. The van der Waals surface area contributed by atoms with Crippen molar-refractivity contribution in [3.63, 3.8) is 0 Å². The first kappa shape index (κ1) is 16.2. The summed E-state index contributed by atoms with van der Waals surface area (Å²) < 4.78 is 49.3. The molecule has 1 fully saturated rings. The molecule has 0 aliphatic heterocycles. The zero-order valence-electron chi connectivity index (χ0n) is 11.4. The van der Waals surface area contributed by atoms with Crippen molar-refractivity contribution in [2.45, 2.75) is 25.2 Å². The van der Waals surface area contributed by atoms with Gasteiger partial charge in [0.1, 0.15) is 16.5 Å². The molecular weight excluding hydrogens is 324 g/mol. The Hall–Kier alpha value is -1.21. The van der Waals surface area contributed by atoms with Gasteiger partial charge < -0.3 is 5.32 Å². The van der Waals surface area contributed by atoms with Gasteiger partial charge in [0.2, 0.25) is 0 Å². The van der Waals surface area contributed by atoms with Crippen LogP contribution in [-0.2, 0) is 9.05 Å². The standard InChI is InChI=1S/C13H14ClF2NO3S/c1-13(2)5-7(13)6-17-12(18)8-3-11(21(14,19)20)10(16)4-9(8)15/h3-4,7H,5-6H2,1-2H3,(H,17,18). The SMILES string of the molecule is CC1(C)CC1CNC(=O)c1cc(S(=O)(=O)Cl)c(F)cc1F. The second-order valence-electron chi connectivity index (χ2n) is 5.80. The van der Waals surface area contributed by atoms with Crippen LogP contribution in [0.25, 0.3) is 0 Å². The Balaban J connectivity index is 2.21. The molecular formula is C13H14ClF2NO3S. The van der Waals surface area contributed by atoms with Crippen molar-refractivity contribution < 1.29 is 22.0 Å². The van der Waals surface area contributed by atoms with E-state index >= 15 is 0 Å². The Labute approximate surface area is 125 Å². The molecule has 116 valence electrons. The van der Waals surface area contributed by atoms with Gasteiger partial charge in [-0.1, -0.05) is 13.8 Å². The predicted molar refractivity (Wildman–Crippen MR) is 73.6 cm³/mol. The second kappa shape index (κ2) is 5.21. The highest BCUT2D eigenvalue weighted by atomic mass is 35.7. The van der Waals surface area contributed by atoms with Crippen molar-refractivity contribution in [1.29, 1.82) is 0 Å². The van der Waals surface area contributed by atoms with Gasteiger partial charge in [0.25, 0.3) is 15.0 Å². The summed E-state index contributed by atoms with van der Waals surface area (Å²) in [4.78, 5) is 11.0. The van der Waals surface area contributed by atoms with E-state index in [4.69, 9.17) is 10.7 Å². The minimum atomic E-state index is -4.39. The molecule has 2 rings (SSSR count). The maximum atomic E-state index is 13.6. The molecule has 0 saturated heterocycles. The Bertz CT molecular complexity index is 704. The topological polar surface area (TPSA) is 63.2 Å². The molecule has 1 unspecified atom stereocenters. The lowest BCUT2D eigenvalue weighted by molar-refractivity contribution is 0.0946. The molecule has 1 aliphatic rings. The van der Waals surface area contributed by atoms with Gasteiger partial charge in [0, 0.05) is 23.3 Å². The first-order valence-electron chi connectivity index (χ1n) is 6.24. The van der Waals surface area contributed by atoms with Gasteiger partial charge in [-0.25, -0.2) is 17.2 Å². The molecule has 21 heavy (non-hydrogen) atoms. The lowest BCUT2D eigenvalue weighted by atomic mass is 10.1. The van der Waals surface area contributed by atoms with E-state index in [1.165, 1.54) is 0 Å². The molecule has 0 bridgehead atoms. The lowest BCUT2D eigenvalue weighted by Gasteiger charge is -2.09. The molecule has 1 aliphatic carbocycles. The molecule has 1 amide bonds. The Kier molecular flexibility index (Phi) is 4.01. The third-order valence-electron chi connectivity index (χ3n) is 3.76. The number of benzene rings is 1. The van der Waals surface area contributed by atoms with Crippen molar-refractivity contribution in [2.75, 3.05) is 6.54 Å². The molecule has 1 atom stereocenters. The average Bonchev–Trinajstić information content (AvgIpc) is 2.92. The number of carbonyl (C=O) groups is 1. The quantitative estimate of drug-likeness (QED) is 0.859. The van der Waals surface area contributed by atoms with E-state index in [0.29, 0.717) is 24.6 Å².